The first-order valence-electron chi connectivity index (χ1n) is 6.77. The summed E-state index contributed by atoms with van der Waals surface area (Å²) in [7, 11) is 0. The second-order valence-electron chi connectivity index (χ2n) is 4.86. The molecule has 4 heteroatoms. The maximum absolute atomic E-state index is 11.9. The number of carbonyl (C=O) groups excluding carboxylic acids is 1. The van der Waals surface area contributed by atoms with Gasteiger partial charge in [0.2, 0.25) is 0 Å². The molecule has 0 saturated heterocycles. The summed E-state index contributed by atoms with van der Waals surface area (Å²) < 4.78 is 0. The summed E-state index contributed by atoms with van der Waals surface area (Å²) in [6, 6.07) is 15.3. The van der Waals surface area contributed by atoms with E-state index in [1.54, 1.807) is 0 Å². The van der Waals surface area contributed by atoms with Crippen LogP contribution in [0.5, 0.6) is 0 Å². The van der Waals surface area contributed by atoms with E-state index in [0.29, 0.717) is 0 Å². The normalized spacial score (nSPS) is 13.4. The zero-order chi connectivity index (χ0) is 13.8. The highest BCUT2D eigenvalue weighted by atomic mass is 16.2. The Balaban J connectivity index is 1.67. The van der Waals surface area contributed by atoms with Crippen LogP contribution in [0.4, 0.5) is 16.2 Å². The van der Waals surface area contributed by atoms with E-state index in [-0.39, 0.29) is 6.03 Å². The second kappa shape index (κ2) is 5.75. The van der Waals surface area contributed by atoms with Crippen LogP contribution in [0.2, 0.25) is 0 Å². The predicted octanol–water partition coefficient (Wildman–Crippen LogP) is 2.98. The number of anilines is 2. The molecular formula is C16H17N3O. The van der Waals surface area contributed by atoms with E-state index in [9.17, 15) is 4.79 Å². The molecule has 0 radical (unpaired) electrons. The summed E-state index contributed by atoms with van der Waals surface area (Å²) in [4.78, 5) is 11.9. The van der Waals surface area contributed by atoms with Gasteiger partial charge in [-0.15, -0.1) is 0 Å². The number of hydrogen-bond donors (Lipinski definition) is 3. The lowest BCUT2D eigenvalue weighted by molar-refractivity contribution is 0.262. The fraction of sp³-hybridized carbons (Fsp3) is 0.188. The van der Waals surface area contributed by atoms with Crippen LogP contribution >= 0.6 is 0 Å². The van der Waals surface area contributed by atoms with Gasteiger partial charge in [0.05, 0.1) is 0 Å². The van der Waals surface area contributed by atoms with Crippen molar-refractivity contribution >= 4 is 17.4 Å². The third-order valence-electron chi connectivity index (χ3n) is 3.38. The van der Waals surface area contributed by atoms with Gasteiger partial charge in [-0.3, -0.25) is 0 Å². The zero-order valence-electron chi connectivity index (χ0n) is 11.1. The van der Waals surface area contributed by atoms with E-state index in [2.05, 4.69) is 22.0 Å². The highest BCUT2D eigenvalue weighted by Gasteiger charge is 2.10. The average molecular weight is 267 g/mol. The van der Waals surface area contributed by atoms with Crippen molar-refractivity contribution in [2.45, 2.75) is 13.0 Å². The van der Waals surface area contributed by atoms with Crippen LogP contribution in [0.1, 0.15) is 11.1 Å². The van der Waals surface area contributed by atoms with Crippen molar-refractivity contribution in [1.29, 1.82) is 0 Å². The summed E-state index contributed by atoms with van der Waals surface area (Å²) in [5.41, 5.74) is 4.22. The van der Waals surface area contributed by atoms with Crippen molar-refractivity contribution in [3.8, 4) is 0 Å². The van der Waals surface area contributed by atoms with Gasteiger partial charge in [-0.25, -0.2) is 4.79 Å². The molecule has 0 fully saturated rings. The standard InChI is InChI=1S/C16H17N3O/c20-16(18-14-4-2-1-3-5-14)19-15-7-6-12-8-9-17-11-13(12)10-15/h1-7,10,17H,8-9,11H2,(H2,18,19,20). The number of urea groups is 1. The Labute approximate surface area is 118 Å². The number of fused-ring (bicyclic) bond motifs is 1. The monoisotopic (exact) mass is 267 g/mol. The number of rotatable bonds is 2. The number of benzene rings is 2. The van der Waals surface area contributed by atoms with Gasteiger partial charge in [0, 0.05) is 17.9 Å². The minimum atomic E-state index is -0.222. The average Bonchev–Trinajstić information content (AvgIpc) is 2.48. The molecule has 4 nitrogen and oxygen atoms in total. The van der Waals surface area contributed by atoms with Gasteiger partial charge in [-0.1, -0.05) is 24.3 Å². The predicted molar refractivity (Wildman–Crippen MR) is 80.9 cm³/mol. The number of nitrogens with one attached hydrogen (secondary N) is 3. The van der Waals surface area contributed by atoms with E-state index in [0.717, 1.165) is 30.9 Å². The largest absolute Gasteiger partial charge is 0.323 e. The van der Waals surface area contributed by atoms with Crippen LogP contribution in [-0.4, -0.2) is 12.6 Å². The van der Waals surface area contributed by atoms with Crippen LogP contribution in [0.3, 0.4) is 0 Å². The van der Waals surface area contributed by atoms with Crippen molar-refractivity contribution in [1.82, 2.24) is 5.32 Å². The van der Waals surface area contributed by atoms with Gasteiger partial charge in [-0.05, 0) is 48.4 Å². The first-order chi connectivity index (χ1) is 9.81. The van der Waals surface area contributed by atoms with E-state index in [1.165, 1.54) is 11.1 Å². The molecule has 2 aromatic carbocycles. The Hall–Kier alpha value is -2.33. The molecule has 1 aliphatic rings. The highest BCUT2D eigenvalue weighted by Crippen LogP contribution is 2.19. The van der Waals surface area contributed by atoms with Gasteiger partial charge in [0.15, 0.2) is 0 Å². The molecule has 0 unspecified atom stereocenters. The molecule has 0 saturated carbocycles. The van der Waals surface area contributed by atoms with Crippen LogP contribution in [0, 0.1) is 0 Å². The lowest BCUT2D eigenvalue weighted by Gasteiger charge is -2.18. The SMILES string of the molecule is O=C(Nc1ccccc1)Nc1ccc2c(c1)CNCC2. The molecule has 0 spiro atoms. The van der Waals surface area contributed by atoms with Crippen molar-refractivity contribution in [2.24, 2.45) is 0 Å². The first kappa shape index (κ1) is 12.7. The van der Waals surface area contributed by atoms with Gasteiger partial charge in [0.1, 0.15) is 0 Å². The van der Waals surface area contributed by atoms with Crippen LogP contribution < -0.4 is 16.0 Å². The molecule has 0 atom stereocenters. The molecule has 2 aromatic rings. The van der Waals surface area contributed by atoms with E-state index >= 15 is 0 Å². The fourth-order valence-electron chi connectivity index (χ4n) is 2.37. The molecule has 1 aliphatic heterocycles. The molecule has 20 heavy (non-hydrogen) atoms. The van der Waals surface area contributed by atoms with Crippen molar-refractivity contribution in [3.05, 3.63) is 59.7 Å². The number of amides is 2. The number of carbonyl (C=O) groups is 1. The van der Waals surface area contributed by atoms with Crippen molar-refractivity contribution in [3.63, 3.8) is 0 Å². The molecule has 102 valence electrons. The minimum Gasteiger partial charge on any atom is -0.312 e. The van der Waals surface area contributed by atoms with E-state index < -0.39 is 0 Å². The molecule has 0 bridgehead atoms. The number of hydrogen-bond acceptors (Lipinski definition) is 2. The smallest absolute Gasteiger partial charge is 0.312 e. The van der Waals surface area contributed by atoms with Crippen molar-refractivity contribution in [2.75, 3.05) is 17.2 Å². The molecule has 0 aliphatic carbocycles. The summed E-state index contributed by atoms with van der Waals surface area (Å²) in [5, 5.41) is 9.00. The highest BCUT2D eigenvalue weighted by molar-refractivity contribution is 5.99. The Bertz CT molecular complexity index is 610. The van der Waals surface area contributed by atoms with Crippen molar-refractivity contribution < 1.29 is 4.79 Å². The summed E-state index contributed by atoms with van der Waals surface area (Å²) >= 11 is 0. The maximum atomic E-state index is 11.9. The van der Waals surface area contributed by atoms with Gasteiger partial charge >= 0.3 is 6.03 Å². The molecule has 3 rings (SSSR count). The Morgan fingerprint density at radius 1 is 0.950 bits per heavy atom. The molecular weight excluding hydrogens is 250 g/mol. The molecule has 0 aromatic heterocycles. The lowest BCUT2D eigenvalue weighted by atomic mass is 10.0. The second-order valence-corrected chi connectivity index (χ2v) is 4.86. The van der Waals surface area contributed by atoms with E-state index in [4.69, 9.17) is 0 Å². The van der Waals surface area contributed by atoms with Crippen LogP contribution in [-0.2, 0) is 13.0 Å². The number of para-hydroxylation sites is 1. The van der Waals surface area contributed by atoms with Gasteiger partial charge in [0.25, 0.3) is 0 Å². The summed E-state index contributed by atoms with van der Waals surface area (Å²) in [6.07, 6.45) is 1.05. The maximum Gasteiger partial charge on any atom is 0.323 e. The van der Waals surface area contributed by atoms with Gasteiger partial charge in [-0.2, -0.15) is 0 Å². The lowest BCUT2D eigenvalue weighted by Crippen LogP contribution is -2.24. The Morgan fingerprint density at radius 3 is 2.60 bits per heavy atom. The Kier molecular flexibility index (Phi) is 3.65. The van der Waals surface area contributed by atoms with Crippen LogP contribution in [0.15, 0.2) is 48.5 Å². The van der Waals surface area contributed by atoms with Crippen LogP contribution in [0.25, 0.3) is 0 Å². The fourth-order valence-corrected chi connectivity index (χ4v) is 2.37. The quantitative estimate of drug-likeness (QED) is 0.783. The Morgan fingerprint density at radius 2 is 1.75 bits per heavy atom. The van der Waals surface area contributed by atoms with Gasteiger partial charge < -0.3 is 16.0 Å². The zero-order valence-corrected chi connectivity index (χ0v) is 11.1. The molecule has 1 heterocycles. The third kappa shape index (κ3) is 2.97. The third-order valence-corrected chi connectivity index (χ3v) is 3.38. The molecule has 2 amide bonds. The summed E-state index contributed by atoms with van der Waals surface area (Å²) in [5.74, 6) is 0. The first-order valence-corrected chi connectivity index (χ1v) is 6.77. The molecule has 3 N–H and O–H groups in total. The topological polar surface area (TPSA) is 53.2 Å². The van der Waals surface area contributed by atoms with E-state index in [1.807, 2.05) is 42.5 Å². The summed E-state index contributed by atoms with van der Waals surface area (Å²) in [6.45, 7) is 1.89. The minimum absolute atomic E-state index is 0.222.